The zero-order valence-corrected chi connectivity index (χ0v) is 10.2. The smallest absolute Gasteiger partial charge is 0.163 e. The van der Waals surface area contributed by atoms with Crippen LogP contribution in [0.15, 0.2) is 24.5 Å². The van der Waals surface area contributed by atoms with Crippen LogP contribution >= 0.6 is 0 Å². The van der Waals surface area contributed by atoms with Gasteiger partial charge in [-0.25, -0.2) is 8.78 Å². The highest BCUT2D eigenvalue weighted by Crippen LogP contribution is 2.19. The molecule has 0 saturated carbocycles. The van der Waals surface area contributed by atoms with Crippen molar-refractivity contribution in [2.24, 2.45) is 7.05 Å². The molecule has 0 fully saturated rings. The first-order valence-corrected chi connectivity index (χ1v) is 5.59. The van der Waals surface area contributed by atoms with Crippen molar-refractivity contribution in [3.63, 3.8) is 0 Å². The summed E-state index contributed by atoms with van der Waals surface area (Å²) in [6.45, 7) is 2.21. The number of aryl methyl sites for hydroxylation is 1. The van der Waals surface area contributed by atoms with Gasteiger partial charge in [0.05, 0.1) is 6.54 Å². The summed E-state index contributed by atoms with van der Waals surface area (Å²) in [5.41, 5.74) is 0.303. The Morgan fingerprint density at radius 2 is 2.17 bits per heavy atom. The van der Waals surface area contributed by atoms with E-state index in [-0.39, 0.29) is 6.04 Å². The number of hydrogen-bond acceptors (Lipinski definition) is 3. The van der Waals surface area contributed by atoms with Gasteiger partial charge < -0.3 is 9.88 Å². The predicted molar refractivity (Wildman–Crippen MR) is 62.6 cm³/mol. The fourth-order valence-corrected chi connectivity index (χ4v) is 1.68. The van der Waals surface area contributed by atoms with Crippen LogP contribution in [0.3, 0.4) is 0 Å². The second kappa shape index (κ2) is 5.22. The summed E-state index contributed by atoms with van der Waals surface area (Å²) >= 11 is 0. The number of nitrogens with zero attached hydrogens (tertiary/aromatic N) is 3. The van der Waals surface area contributed by atoms with Gasteiger partial charge in [-0.2, -0.15) is 0 Å². The second-order valence-corrected chi connectivity index (χ2v) is 4.10. The second-order valence-electron chi connectivity index (χ2n) is 4.10. The van der Waals surface area contributed by atoms with Gasteiger partial charge in [-0.15, -0.1) is 10.2 Å². The number of nitrogens with one attached hydrogen (secondary N) is 1. The topological polar surface area (TPSA) is 42.7 Å². The molecule has 6 heteroatoms. The average Bonchev–Trinajstić information content (AvgIpc) is 2.75. The minimum absolute atomic E-state index is 0.303. The van der Waals surface area contributed by atoms with Crippen LogP contribution in [0, 0.1) is 11.6 Å². The first-order valence-electron chi connectivity index (χ1n) is 5.59. The highest BCUT2D eigenvalue weighted by molar-refractivity contribution is 5.22. The monoisotopic (exact) mass is 252 g/mol. The molecule has 96 valence electrons. The molecule has 1 atom stereocenters. The van der Waals surface area contributed by atoms with E-state index < -0.39 is 11.6 Å². The van der Waals surface area contributed by atoms with E-state index in [9.17, 15) is 8.78 Å². The zero-order valence-electron chi connectivity index (χ0n) is 10.2. The van der Waals surface area contributed by atoms with E-state index in [1.807, 2.05) is 7.05 Å². The largest absolute Gasteiger partial charge is 0.320 e. The van der Waals surface area contributed by atoms with Gasteiger partial charge in [0, 0.05) is 18.7 Å². The Labute approximate surface area is 104 Å². The van der Waals surface area contributed by atoms with Crippen molar-refractivity contribution < 1.29 is 8.78 Å². The Balaban J connectivity index is 2.06. The first kappa shape index (κ1) is 12.6. The Hall–Kier alpha value is -1.82. The Kier molecular flexibility index (Phi) is 3.66. The van der Waals surface area contributed by atoms with Crippen LogP contribution in [0.2, 0.25) is 0 Å². The zero-order chi connectivity index (χ0) is 13.1. The molecule has 0 spiro atoms. The van der Waals surface area contributed by atoms with Crippen molar-refractivity contribution in [3.8, 4) is 0 Å². The molecule has 1 heterocycles. The normalized spacial score (nSPS) is 12.7. The average molecular weight is 252 g/mol. The molecule has 0 radical (unpaired) electrons. The summed E-state index contributed by atoms with van der Waals surface area (Å²) in [7, 11) is 1.82. The summed E-state index contributed by atoms with van der Waals surface area (Å²) in [5.74, 6) is -0.908. The molecule has 0 aliphatic heterocycles. The van der Waals surface area contributed by atoms with Gasteiger partial charge in [0.2, 0.25) is 0 Å². The maximum atomic E-state index is 13.5. The van der Waals surface area contributed by atoms with Crippen LogP contribution < -0.4 is 5.32 Å². The lowest BCUT2D eigenvalue weighted by atomic mass is 10.1. The lowest BCUT2D eigenvalue weighted by Gasteiger charge is -2.14. The van der Waals surface area contributed by atoms with E-state index >= 15 is 0 Å². The van der Waals surface area contributed by atoms with Crippen molar-refractivity contribution in [2.45, 2.75) is 19.5 Å². The van der Waals surface area contributed by atoms with Gasteiger partial charge in [0.25, 0.3) is 0 Å². The Morgan fingerprint density at radius 3 is 2.83 bits per heavy atom. The van der Waals surface area contributed by atoms with Gasteiger partial charge in [-0.3, -0.25) is 0 Å². The van der Waals surface area contributed by atoms with Gasteiger partial charge in [0.15, 0.2) is 11.6 Å². The molecule has 2 aromatic rings. The van der Waals surface area contributed by atoms with E-state index in [2.05, 4.69) is 15.5 Å². The van der Waals surface area contributed by atoms with E-state index in [0.29, 0.717) is 12.1 Å². The molecule has 0 bridgehead atoms. The molecule has 0 amide bonds. The van der Waals surface area contributed by atoms with Crippen LogP contribution in [0.4, 0.5) is 8.78 Å². The third-order valence-electron chi connectivity index (χ3n) is 2.82. The van der Waals surface area contributed by atoms with Crippen molar-refractivity contribution in [1.82, 2.24) is 20.1 Å². The van der Waals surface area contributed by atoms with Crippen LogP contribution in [0.1, 0.15) is 24.4 Å². The van der Waals surface area contributed by atoms with Gasteiger partial charge in [-0.05, 0) is 13.0 Å². The molecule has 0 aliphatic rings. The lowest BCUT2D eigenvalue weighted by Crippen LogP contribution is -2.21. The number of halogens is 2. The van der Waals surface area contributed by atoms with Crippen LogP contribution in [0.5, 0.6) is 0 Å². The molecular weight excluding hydrogens is 238 g/mol. The van der Waals surface area contributed by atoms with Crippen LogP contribution in [0.25, 0.3) is 0 Å². The maximum Gasteiger partial charge on any atom is 0.163 e. The highest BCUT2D eigenvalue weighted by atomic mass is 19.2. The summed E-state index contributed by atoms with van der Waals surface area (Å²) in [6, 6.07) is 3.85. The quantitative estimate of drug-likeness (QED) is 0.904. The Morgan fingerprint density at radius 1 is 1.39 bits per heavy atom. The fraction of sp³-hybridized carbons (Fsp3) is 0.333. The summed E-state index contributed by atoms with van der Waals surface area (Å²) in [4.78, 5) is 0. The highest BCUT2D eigenvalue weighted by Gasteiger charge is 2.14. The van der Waals surface area contributed by atoms with Crippen molar-refractivity contribution in [1.29, 1.82) is 0 Å². The van der Waals surface area contributed by atoms with E-state index in [4.69, 9.17) is 0 Å². The van der Waals surface area contributed by atoms with Crippen molar-refractivity contribution in [2.75, 3.05) is 0 Å². The third-order valence-corrected chi connectivity index (χ3v) is 2.82. The molecule has 1 N–H and O–H groups in total. The number of rotatable bonds is 4. The molecule has 2 rings (SSSR count). The lowest BCUT2D eigenvalue weighted by molar-refractivity contribution is 0.468. The fourth-order valence-electron chi connectivity index (χ4n) is 1.68. The van der Waals surface area contributed by atoms with E-state index in [1.54, 1.807) is 23.9 Å². The number of benzene rings is 1. The van der Waals surface area contributed by atoms with Crippen LogP contribution in [-0.2, 0) is 13.6 Å². The van der Waals surface area contributed by atoms with Crippen molar-refractivity contribution in [3.05, 3.63) is 47.5 Å². The van der Waals surface area contributed by atoms with Gasteiger partial charge in [-0.1, -0.05) is 12.1 Å². The maximum absolute atomic E-state index is 13.5. The standard InChI is InChI=1S/C12H14F2N4/c1-8(9-4-3-5-10(13)12(9)14)15-6-11-17-16-7-18(11)2/h3-5,7-8,15H,6H2,1-2H3. The van der Waals surface area contributed by atoms with E-state index in [1.165, 1.54) is 6.07 Å². The molecule has 0 saturated heterocycles. The van der Waals surface area contributed by atoms with Gasteiger partial charge in [0.1, 0.15) is 12.2 Å². The number of hydrogen-bond donors (Lipinski definition) is 1. The minimum Gasteiger partial charge on any atom is -0.320 e. The van der Waals surface area contributed by atoms with Crippen LogP contribution in [-0.4, -0.2) is 14.8 Å². The number of aromatic nitrogens is 3. The minimum atomic E-state index is -0.834. The molecule has 1 aromatic carbocycles. The predicted octanol–water partition coefficient (Wildman–Crippen LogP) is 1.94. The Bertz CT molecular complexity index is 539. The molecule has 1 aromatic heterocycles. The molecule has 4 nitrogen and oxygen atoms in total. The third kappa shape index (κ3) is 2.53. The summed E-state index contributed by atoms with van der Waals surface area (Å²) in [6.07, 6.45) is 1.59. The van der Waals surface area contributed by atoms with E-state index in [0.717, 1.165) is 11.9 Å². The first-order chi connectivity index (χ1) is 8.59. The molecule has 1 unspecified atom stereocenters. The molecule has 0 aliphatic carbocycles. The summed E-state index contributed by atoms with van der Waals surface area (Å²) < 4.78 is 28.4. The summed E-state index contributed by atoms with van der Waals surface area (Å²) in [5, 5.41) is 10.7. The van der Waals surface area contributed by atoms with Crippen molar-refractivity contribution >= 4 is 0 Å². The SMILES string of the molecule is CC(NCc1nncn1C)c1cccc(F)c1F. The molecular formula is C12H14F2N4. The molecule has 18 heavy (non-hydrogen) atoms. The van der Waals surface area contributed by atoms with Gasteiger partial charge >= 0.3 is 0 Å².